The summed E-state index contributed by atoms with van der Waals surface area (Å²) < 4.78 is 42.4. The van der Waals surface area contributed by atoms with Crippen LogP contribution in [-0.2, 0) is 20.6 Å². The van der Waals surface area contributed by atoms with Gasteiger partial charge in [0.1, 0.15) is 0 Å². The van der Waals surface area contributed by atoms with Gasteiger partial charge in [-0.2, -0.15) is 16.8 Å². The number of hydrogen-bond donors (Lipinski definition) is 2. The molecule has 0 amide bonds. The van der Waals surface area contributed by atoms with E-state index in [0.717, 1.165) is 44.8 Å². The van der Waals surface area contributed by atoms with Gasteiger partial charge in [-0.05, 0) is 98.2 Å². The Hall–Kier alpha value is -2.58. The van der Waals surface area contributed by atoms with Gasteiger partial charge in [-0.25, -0.2) is 0 Å². The Morgan fingerprint density at radius 2 is 0.933 bits per heavy atom. The van der Waals surface area contributed by atoms with Crippen LogP contribution < -0.4 is 10.6 Å². The van der Waals surface area contributed by atoms with Crippen LogP contribution in [0, 0.1) is 27.7 Å². The Bertz CT molecular complexity index is 1040. The minimum Gasteiger partial charge on any atom is -0.384 e. The largest absolute Gasteiger partial charge is 0.384 e. The highest BCUT2D eigenvalue weighted by Crippen LogP contribution is 2.32. The van der Waals surface area contributed by atoms with Gasteiger partial charge in [-0.3, -0.25) is 0 Å². The maximum absolute atomic E-state index is 10.6. The minimum atomic E-state index is -2.12. The Balaban J connectivity index is 2.22. The maximum Gasteiger partial charge on any atom is 0.210 e. The quantitative estimate of drug-likeness (QED) is 0.450. The van der Waals surface area contributed by atoms with E-state index in [-0.39, 0.29) is 0 Å². The van der Waals surface area contributed by atoms with E-state index in [2.05, 4.69) is 34.9 Å². The van der Waals surface area contributed by atoms with E-state index in [4.69, 9.17) is 0 Å². The van der Waals surface area contributed by atoms with Crippen LogP contribution >= 0.6 is 0 Å². The van der Waals surface area contributed by atoms with Crippen molar-refractivity contribution in [3.8, 4) is 11.1 Å². The van der Waals surface area contributed by atoms with E-state index >= 15 is 0 Å². The van der Waals surface area contributed by atoms with Gasteiger partial charge in [0, 0.05) is 35.2 Å². The first-order valence-electron chi connectivity index (χ1n) is 9.72. The molecule has 0 heterocycles. The van der Waals surface area contributed by atoms with Crippen LogP contribution in [0.3, 0.4) is 0 Å². The van der Waals surface area contributed by atoms with Gasteiger partial charge in [0.15, 0.2) is 0 Å². The lowest BCUT2D eigenvalue weighted by Crippen LogP contribution is -2.06. The third kappa shape index (κ3) is 6.74. The SMILES string of the molecule is Cc1cc(-c2cc(C)c(NCCC=S(=O)=O)c(C)c2)cc(C)c1NCCC=S(=O)=O. The predicted molar refractivity (Wildman–Crippen MR) is 127 cm³/mol. The summed E-state index contributed by atoms with van der Waals surface area (Å²) in [6.07, 6.45) is 0.901. The Kier molecular flexibility index (Phi) is 8.68. The third-order valence-electron chi connectivity index (χ3n) is 4.80. The van der Waals surface area contributed by atoms with Crippen molar-refractivity contribution in [1.82, 2.24) is 0 Å². The highest BCUT2D eigenvalue weighted by molar-refractivity contribution is 7.71. The number of aryl methyl sites for hydroxylation is 4. The summed E-state index contributed by atoms with van der Waals surface area (Å²) in [7, 11) is -4.25. The van der Waals surface area contributed by atoms with Gasteiger partial charge in [0.05, 0.1) is 0 Å². The Labute approximate surface area is 181 Å². The molecule has 0 aromatic heterocycles. The number of benzene rings is 2. The number of hydrogen-bond acceptors (Lipinski definition) is 6. The van der Waals surface area contributed by atoms with Crippen molar-refractivity contribution in [2.45, 2.75) is 40.5 Å². The van der Waals surface area contributed by atoms with Gasteiger partial charge in [0.25, 0.3) is 0 Å². The molecule has 6 nitrogen and oxygen atoms in total. The van der Waals surface area contributed by atoms with E-state index in [1.165, 1.54) is 10.7 Å². The van der Waals surface area contributed by atoms with E-state index in [1.54, 1.807) is 0 Å². The second kappa shape index (κ2) is 11.0. The number of nitrogens with one attached hydrogen (secondary N) is 2. The van der Waals surface area contributed by atoms with Crippen LogP contribution in [0.1, 0.15) is 35.1 Å². The van der Waals surface area contributed by atoms with Crippen molar-refractivity contribution in [3.63, 3.8) is 0 Å². The van der Waals surface area contributed by atoms with Gasteiger partial charge >= 0.3 is 0 Å². The molecular formula is C22H28N2O4S2. The van der Waals surface area contributed by atoms with E-state index in [1.807, 2.05) is 27.7 Å². The van der Waals surface area contributed by atoms with Crippen LogP contribution in [0.4, 0.5) is 11.4 Å². The molecule has 30 heavy (non-hydrogen) atoms. The lowest BCUT2D eigenvalue weighted by Gasteiger charge is -2.17. The molecule has 2 rings (SSSR count). The van der Waals surface area contributed by atoms with E-state index < -0.39 is 20.6 Å². The highest BCUT2D eigenvalue weighted by Gasteiger charge is 2.10. The second-order valence-corrected chi connectivity index (χ2v) is 8.96. The molecule has 0 aliphatic carbocycles. The van der Waals surface area contributed by atoms with Crippen LogP contribution in [0.15, 0.2) is 24.3 Å². The van der Waals surface area contributed by atoms with Crippen molar-refractivity contribution in [3.05, 3.63) is 46.5 Å². The van der Waals surface area contributed by atoms with E-state index in [0.29, 0.717) is 25.9 Å². The summed E-state index contributed by atoms with van der Waals surface area (Å²) in [6.45, 7) is 9.29. The fourth-order valence-electron chi connectivity index (χ4n) is 3.52. The van der Waals surface area contributed by atoms with Gasteiger partial charge in [0.2, 0.25) is 20.6 Å². The molecule has 0 aliphatic heterocycles. The van der Waals surface area contributed by atoms with Gasteiger partial charge in [-0.1, -0.05) is 0 Å². The van der Waals surface area contributed by atoms with Crippen LogP contribution in [0.25, 0.3) is 11.1 Å². The highest BCUT2D eigenvalue weighted by atomic mass is 32.2. The fourth-order valence-corrected chi connectivity index (χ4v) is 4.14. The summed E-state index contributed by atoms with van der Waals surface area (Å²) in [5.74, 6) is 0. The van der Waals surface area contributed by atoms with Crippen LogP contribution in [0.2, 0.25) is 0 Å². The molecule has 0 aliphatic rings. The smallest absolute Gasteiger partial charge is 0.210 e. The maximum atomic E-state index is 10.6. The average Bonchev–Trinajstić information content (AvgIpc) is 2.64. The molecule has 8 heteroatoms. The first kappa shape index (κ1) is 23.7. The standard InChI is InChI=1S/C22H28N2O4S2/c1-15-11-19(12-16(2)21(15)23-7-5-9-29(25)26)20-13-17(3)22(18(4)14-20)24-8-6-10-30(27)28/h9-14,23-24H,5-8H2,1-4H3. The fraction of sp³-hybridized carbons (Fsp3) is 0.364. The summed E-state index contributed by atoms with van der Waals surface area (Å²) in [4.78, 5) is 0. The summed E-state index contributed by atoms with van der Waals surface area (Å²) in [6, 6.07) is 8.52. The monoisotopic (exact) mass is 448 g/mol. The zero-order valence-corrected chi connectivity index (χ0v) is 19.4. The van der Waals surface area contributed by atoms with Crippen molar-refractivity contribution in [1.29, 1.82) is 0 Å². The first-order valence-corrected chi connectivity index (χ1v) is 12.0. The molecule has 2 aromatic rings. The van der Waals surface area contributed by atoms with Crippen molar-refractivity contribution in [2.75, 3.05) is 23.7 Å². The van der Waals surface area contributed by atoms with Gasteiger partial charge in [-0.15, -0.1) is 0 Å². The molecule has 0 radical (unpaired) electrons. The van der Waals surface area contributed by atoms with Gasteiger partial charge < -0.3 is 10.6 Å². The lowest BCUT2D eigenvalue weighted by atomic mass is 9.95. The molecule has 162 valence electrons. The van der Waals surface area contributed by atoms with E-state index in [9.17, 15) is 16.8 Å². The first-order chi connectivity index (χ1) is 14.2. The molecule has 0 bridgehead atoms. The Morgan fingerprint density at radius 3 is 1.20 bits per heavy atom. The van der Waals surface area contributed by atoms with Crippen molar-refractivity contribution in [2.24, 2.45) is 0 Å². The second-order valence-electron chi connectivity index (χ2n) is 7.26. The zero-order valence-electron chi connectivity index (χ0n) is 17.7. The topological polar surface area (TPSA) is 92.3 Å². The molecule has 0 saturated heterocycles. The number of rotatable bonds is 9. The molecule has 0 unspecified atom stereocenters. The molecular weight excluding hydrogens is 420 g/mol. The lowest BCUT2D eigenvalue weighted by molar-refractivity contribution is 0.625. The van der Waals surface area contributed by atoms with Crippen molar-refractivity contribution >= 4 is 42.7 Å². The van der Waals surface area contributed by atoms with Crippen molar-refractivity contribution < 1.29 is 16.8 Å². The molecule has 0 spiro atoms. The molecule has 2 N–H and O–H groups in total. The Morgan fingerprint density at radius 1 is 0.633 bits per heavy atom. The zero-order chi connectivity index (χ0) is 22.3. The van der Waals surface area contributed by atoms with Crippen LogP contribution in [0.5, 0.6) is 0 Å². The normalized spacial score (nSPS) is 10.4. The molecule has 0 atom stereocenters. The van der Waals surface area contributed by atoms with Crippen LogP contribution in [-0.4, -0.2) is 40.7 Å². The predicted octanol–water partition coefficient (Wildman–Crippen LogP) is 3.55. The molecule has 0 saturated carbocycles. The summed E-state index contributed by atoms with van der Waals surface area (Å²) in [5, 5.41) is 9.16. The third-order valence-corrected chi connectivity index (χ3v) is 5.81. The summed E-state index contributed by atoms with van der Waals surface area (Å²) in [5.41, 5.74) is 8.72. The summed E-state index contributed by atoms with van der Waals surface area (Å²) >= 11 is 0. The molecule has 0 fully saturated rings. The minimum absolute atomic E-state index is 0.450. The average molecular weight is 449 g/mol. The molecule has 2 aromatic carbocycles. The number of anilines is 2.